The Labute approximate surface area is 305 Å². The summed E-state index contributed by atoms with van der Waals surface area (Å²) >= 11 is 0. The van der Waals surface area contributed by atoms with Gasteiger partial charge in [0.1, 0.15) is 16.7 Å². The fourth-order valence-electron chi connectivity index (χ4n) is 8.25. The molecular weight excluding hydrogens is 647 g/mol. The predicted molar refractivity (Wildman–Crippen MR) is 222 cm³/mol. The highest BCUT2D eigenvalue weighted by molar-refractivity contribution is 6.23. The Morgan fingerprint density at radius 1 is 0.340 bits per heavy atom. The maximum atomic E-state index is 7.10. The average molecular weight is 678 g/mol. The van der Waals surface area contributed by atoms with Crippen LogP contribution in [0.15, 0.2) is 197 Å². The van der Waals surface area contributed by atoms with E-state index in [-0.39, 0.29) is 0 Å². The molecule has 11 rings (SSSR count). The van der Waals surface area contributed by atoms with Crippen LogP contribution in [0, 0.1) is 0 Å². The number of benzene rings is 9. The molecule has 0 bridgehead atoms. The topological polar surface area (TPSA) is 29.5 Å². The van der Waals surface area contributed by atoms with Crippen molar-refractivity contribution >= 4 is 82.5 Å². The zero-order valence-corrected chi connectivity index (χ0v) is 28.7. The van der Waals surface area contributed by atoms with E-state index in [4.69, 9.17) is 8.83 Å². The third kappa shape index (κ3) is 4.61. The third-order valence-corrected chi connectivity index (χ3v) is 10.7. The first-order chi connectivity index (χ1) is 26.3. The van der Waals surface area contributed by atoms with Crippen LogP contribution in [0.1, 0.15) is 0 Å². The molecule has 0 radical (unpaired) electrons. The first-order valence-corrected chi connectivity index (χ1v) is 18.0. The second kappa shape index (κ2) is 11.7. The molecule has 3 heteroatoms. The minimum atomic E-state index is 0.844. The number of rotatable bonds is 5. The van der Waals surface area contributed by atoms with Gasteiger partial charge < -0.3 is 13.7 Å². The van der Waals surface area contributed by atoms with E-state index in [1.165, 1.54) is 21.9 Å². The Kier molecular flexibility index (Phi) is 6.55. The summed E-state index contributed by atoms with van der Waals surface area (Å²) in [6.07, 6.45) is 0. The Bertz CT molecular complexity index is 3160. The molecule has 0 aliphatic carbocycles. The highest BCUT2D eigenvalue weighted by Crippen LogP contribution is 2.48. The highest BCUT2D eigenvalue weighted by Gasteiger charge is 2.23. The van der Waals surface area contributed by atoms with Crippen molar-refractivity contribution in [1.82, 2.24) is 0 Å². The molecule has 0 unspecified atom stereocenters. The molecule has 0 aliphatic heterocycles. The minimum absolute atomic E-state index is 0.844. The smallest absolute Gasteiger partial charge is 0.159 e. The molecule has 0 saturated carbocycles. The molecule has 2 aromatic heterocycles. The Morgan fingerprint density at radius 3 is 1.81 bits per heavy atom. The van der Waals surface area contributed by atoms with E-state index in [2.05, 4.69) is 181 Å². The van der Waals surface area contributed by atoms with E-state index in [1.807, 2.05) is 12.1 Å². The van der Waals surface area contributed by atoms with Crippen LogP contribution in [0.3, 0.4) is 0 Å². The molecule has 0 aliphatic rings. The zero-order chi connectivity index (χ0) is 34.9. The van der Waals surface area contributed by atoms with Crippen LogP contribution < -0.4 is 4.90 Å². The Balaban J connectivity index is 1.18. The van der Waals surface area contributed by atoms with Gasteiger partial charge in [-0.1, -0.05) is 146 Å². The molecule has 11 aromatic rings. The summed E-state index contributed by atoms with van der Waals surface area (Å²) in [7, 11) is 0. The van der Waals surface area contributed by atoms with Crippen molar-refractivity contribution in [3.8, 4) is 22.3 Å². The maximum Gasteiger partial charge on any atom is 0.159 e. The van der Waals surface area contributed by atoms with E-state index in [0.29, 0.717) is 0 Å². The van der Waals surface area contributed by atoms with E-state index in [1.54, 1.807) is 0 Å². The van der Waals surface area contributed by atoms with Gasteiger partial charge in [0.2, 0.25) is 0 Å². The standard InChI is InChI=1S/C50H31NO2/c1-2-13-32(14-3-1)33-27-29-35(30-28-33)51(44-23-10-16-34-15-4-5-17-36(34)44)45-24-11-22-40-43-31-42(37-18-6-7-19-39(37)49(43)53-50(40)45)38-21-12-26-47-48(38)41-20-8-9-25-46(41)52-47/h1-31H. The van der Waals surface area contributed by atoms with Gasteiger partial charge in [0.25, 0.3) is 0 Å². The first-order valence-electron chi connectivity index (χ1n) is 18.0. The van der Waals surface area contributed by atoms with Gasteiger partial charge in [0.15, 0.2) is 5.58 Å². The fraction of sp³-hybridized carbons (Fsp3) is 0. The van der Waals surface area contributed by atoms with E-state index in [9.17, 15) is 0 Å². The SMILES string of the molecule is c1ccc(-c2ccc(N(c3cccc4ccccc34)c3cccc4c3oc3c5ccccc5c(-c5cccc6oc7ccccc7c56)cc43)cc2)cc1. The summed E-state index contributed by atoms with van der Waals surface area (Å²) in [5.41, 5.74) is 11.3. The van der Waals surface area contributed by atoms with Gasteiger partial charge in [0, 0.05) is 38.0 Å². The van der Waals surface area contributed by atoms with Gasteiger partial charge in [-0.3, -0.25) is 0 Å². The van der Waals surface area contributed by atoms with Crippen molar-refractivity contribution in [3.05, 3.63) is 188 Å². The molecule has 0 N–H and O–H groups in total. The number of hydrogen-bond donors (Lipinski definition) is 0. The van der Waals surface area contributed by atoms with Crippen molar-refractivity contribution in [2.24, 2.45) is 0 Å². The number of fused-ring (bicyclic) bond motifs is 9. The number of furan rings is 2. The van der Waals surface area contributed by atoms with Gasteiger partial charge in [0.05, 0.1) is 11.4 Å². The van der Waals surface area contributed by atoms with Crippen molar-refractivity contribution in [3.63, 3.8) is 0 Å². The van der Waals surface area contributed by atoms with Crippen molar-refractivity contribution < 1.29 is 8.83 Å². The van der Waals surface area contributed by atoms with Gasteiger partial charge in [-0.05, 0) is 75.5 Å². The monoisotopic (exact) mass is 677 g/mol. The molecule has 9 aromatic carbocycles. The van der Waals surface area contributed by atoms with E-state index < -0.39 is 0 Å². The third-order valence-electron chi connectivity index (χ3n) is 10.7. The van der Waals surface area contributed by atoms with Crippen LogP contribution in [-0.2, 0) is 0 Å². The predicted octanol–water partition coefficient (Wildman–Crippen LogP) is 14.6. The second-order valence-electron chi connectivity index (χ2n) is 13.6. The molecule has 53 heavy (non-hydrogen) atoms. The molecule has 0 spiro atoms. The Hall–Kier alpha value is -7.10. The molecule has 2 heterocycles. The van der Waals surface area contributed by atoms with Crippen LogP contribution in [0.4, 0.5) is 17.1 Å². The Morgan fingerprint density at radius 2 is 0.943 bits per heavy atom. The van der Waals surface area contributed by atoms with Crippen molar-refractivity contribution in [2.75, 3.05) is 4.90 Å². The quantitative estimate of drug-likeness (QED) is 0.182. The number of hydrogen-bond acceptors (Lipinski definition) is 3. The largest absolute Gasteiger partial charge is 0.456 e. The van der Waals surface area contributed by atoms with Crippen LogP contribution in [0.2, 0.25) is 0 Å². The minimum Gasteiger partial charge on any atom is -0.456 e. The first kappa shape index (κ1) is 29.6. The van der Waals surface area contributed by atoms with Gasteiger partial charge >= 0.3 is 0 Å². The van der Waals surface area contributed by atoms with Crippen molar-refractivity contribution in [1.29, 1.82) is 0 Å². The molecule has 0 atom stereocenters. The van der Waals surface area contributed by atoms with Gasteiger partial charge in [-0.15, -0.1) is 0 Å². The summed E-state index contributed by atoms with van der Waals surface area (Å²) < 4.78 is 13.4. The summed E-state index contributed by atoms with van der Waals surface area (Å²) in [6.45, 7) is 0. The lowest BCUT2D eigenvalue weighted by Crippen LogP contribution is -2.10. The van der Waals surface area contributed by atoms with Crippen LogP contribution in [0.25, 0.3) is 87.7 Å². The number of para-hydroxylation sites is 2. The summed E-state index contributed by atoms with van der Waals surface area (Å²) in [5, 5.41) is 8.97. The molecule has 3 nitrogen and oxygen atoms in total. The zero-order valence-electron chi connectivity index (χ0n) is 28.7. The normalized spacial score (nSPS) is 11.8. The van der Waals surface area contributed by atoms with Gasteiger partial charge in [-0.25, -0.2) is 0 Å². The molecule has 248 valence electrons. The molecule has 0 amide bonds. The van der Waals surface area contributed by atoms with E-state index in [0.717, 1.165) is 82.8 Å². The van der Waals surface area contributed by atoms with Crippen molar-refractivity contribution in [2.45, 2.75) is 0 Å². The second-order valence-corrected chi connectivity index (χ2v) is 13.6. The lowest BCUT2D eigenvalue weighted by Gasteiger charge is -2.27. The van der Waals surface area contributed by atoms with E-state index >= 15 is 0 Å². The fourth-order valence-corrected chi connectivity index (χ4v) is 8.25. The van der Waals surface area contributed by atoms with Crippen LogP contribution in [-0.4, -0.2) is 0 Å². The summed E-state index contributed by atoms with van der Waals surface area (Å²) in [6, 6.07) is 66.6. The van der Waals surface area contributed by atoms with Crippen LogP contribution >= 0.6 is 0 Å². The molecular formula is C50H31NO2. The maximum absolute atomic E-state index is 7.10. The average Bonchev–Trinajstić information content (AvgIpc) is 3.81. The number of anilines is 3. The molecule has 0 saturated heterocycles. The highest BCUT2D eigenvalue weighted by atomic mass is 16.3. The lowest BCUT2D eigenvalue weighted by atomic mass is 9.92. The van der Waals surface area contributed by atoms with Gasteiger partial charge in [-0.2, -0.15) is 0 Å². The van der Waals surface area contributed by atoms with Crippen LogP contribution in [0.5, 0.6) is 0 Å². The number of nitrogens with zero attached hydrogens (tertiary/aromatic N) is 1. The summed E-state index contributed by atoms with van der Waals surface area (Å²) in [4.78, 5) is 2.35. The molecule has 0 fully saturated rings. The lowest BCUT2D eigenvalue weighted by molar-refractivity contribution is 0.669. The summed E-state index contributed by atoms with van der Waals surface area (Å²) in [5.74, 6) is 0.